The van der Waals surface area contributed by atoms with Gasteiger partial charge in [-0.2, -0.15) is 0 Å². The number of rotatable bonds is 6. The number of nitrogens with one attached hydrogen (secondary N) is 1. The van der Waals surface area contributed by atoms with E-state index in [2.05, 4.69) is 49.3 Å². The van der Waals surface area contributed by atoms with Gasteiger partial charge in [-0.3, -0.25) is 4.90 Å². The minimum Gasteiger partial charge on any atom is -0.318 e. The Morgan fingerprint density at radius 3 is 2.65 bits per heavy atom. The molecule has 0 saturated carbocycles. The van der Waals surface area contributed by atoms with Crippen LogP contribution in [0.1, 0.15) is 62.2 Å². The van der Waals surface area contributed by atoms with Crippen molar-refractivity contribution in [3.63, 3.8) is 0 Å². The van der Waals surface area contributed by atoms with Gasteiger partial charge in [0.05, 0.1) is 0 Å². The fraction of sp³-hybridized carbons (Fsp3) is 0.778. The van der Waals surface area contributed by atoms with Crippen molar-refractivity contribution in [2.45, 2.75) is 66.8 Å². The van der Waals surface area contributed by atoms with Gasteiger partial charge in [0, 0.05) is 20.6 Å². The molecule has 1 rings (SSSR count). The van der Waals surface area contributed by atoms with Crippen LogP contribution in [0.2, 0.25) is 0 Å². The Bertz CT molecular complexity index is 260. The van der Waals surface area contributed by atoms with Gasteiger partial charge < -0.3 is 5.32 Å². The van der Waals surface area contributed by atoms with E-state index >= 15 is 0 Å². The highest BCUT2D eigenvalue weighted by molar-refractivity contribution is 5.14. The molecule has 20 heavy (non-hydrogen) atoms. The van der Waals surface area contributed by atoms with Crippen LogP contribution in [0.4, 0.5) is 0 Å². The van der Waals surface area contributed by atoms with Gasteiger partial charge in [-0.05, 0) is 46.7 Å². The van der Waals surface area contributed by atoms with Crippen molar-refractivity contribution < 1.29 is 1.43 Å². The SMILES string of the molecule is C.C/C=C(C)\C=C/CCN1CCCCC1CNC.CC.[HH]. The van der Waals surface area contributed by atoms with Gasteiger partial charge in [0.2, 0.25) is 0 Å². The smallest absolute Gasteiger partial charge is 0.0220 e. The Balaban J connectivity index is -0.000000774. The number of allylic oxidation sites excluding steroid dienone is 3. The van der Waals surface area contributed by atoms with E-state index < -0.39 is 0 Å². The summed E-state index contributed by atoms with van der Waals surface area (Å²) in [4.78, 5) is 2.65. The second-order valence-electron chi connectivity index (χ2n) is 4.97. The second kappa shape index (κ2) is 14.8. The lowest BCUT2D eigenvalue weighted by atomic mass is 10.0. The van der Waals surface area contributed by atoms with Gasteiger partial charge in [-0.1, -0.05) is 51.5 Å². The quantitative estimate of drug-likeness (QED) is 0.699. The molecule has 0 aliphatic carbocycles. The molecule has 1 heterocycles. The molecule has 1 N–H and O–H groups in total. The third-order valence-corrected chi connectivity index (χ3v) is 3.61. The summed E-state index contributed by atoms with van der Waals surface area (Å²) in [5, 5.41) is 3.32. The summed E-state index contributed by atoms with van der Waals surface area (Å²) in [6.45, 7) is 11.9. The molecule has 1 fully saturated rings. The molecule has 1 unspecified atom stereocenters. The molecule has 0 aromatic heterocycles. The zero-order valence-electron chi connectivity index (χ0n) is 13.7. The minimum atomic E-state index is 0. The van der Waals surface area contributed by atoms with Gasteiger partial charge in [0.25, 0.3) is 0 Å². The van der Waals surface area contributed by atoms with Gasteiger partial charge >= 0.3 is 0 Å². The summed E-state index contributed by atoms with van der Waals surface area (Å²) >= 11 is 0. The largest absolute Gasteiger partial charge is 0.318 e. The summed E-state index contributed by atoms with van der Waals surface area (Å²) in [7, 11) is 2.06. The van der Waals surface area contributed by atoms with E-state index in [1.807, 2.05) is 13.8 Å². The van der Waals surface area contributed by atoms with Crippen LogP contribution >= 0.6 is 0 Å². The number of piperidine rings is 1. The summed E-state index contributed by atoms with van der Waals surface area (Å²) in [5.74, 6) is 0. The van der Waals surface area contributed by atoms with E-state index in [-0.39, 0.29) is 8.85 Å². The molecule has 2 nitrogen and oxygen atoms in total. The standard InChI is InChI=1S/C15H28N2.C2H6.CH4.H2/c1-4-14(2)9-5-7-11-17-12-8-6-10-15(17)13-16-3;1-2;;/h4-5,9,15-16H,6-8,10-13H2,1-3H3;1-2H3;1H4;1H/b9-5-,14-4-;;;. The molecule has 1 saturated heterocycles. The topological polar surface area (TPSA) is 15.3 Å². The monoisotopic (exact) mass is 284 g/mol. The maximum atomic E-state index is 3.32. The van der Waals surface area contributed by atoms with Crippen molar-refractivity contribution in [2.75, 3.05) is 26.7 Å². The van der Waals surface area contributed by atoms with Gasteiger partial charge in [-0.15, -0.1) is 0 Å². The molecule has 1 aliphatic rings. The summed E-state index contributed by atoms with van der Waals surface area (Å²) < 4.78 is 0. The lowest BCUT2D eigenvalue weighted by molar-refractivity contribution is 0.150. The van der Waals surface area contributed by atoms with Crippen LogP contribution in [0.15, 0.2) is 23.8 Å². The number of hydrogen-bond acceptors (Lipinski definition) is 2. The first kappa shape index (κ1) is 21.7. The van der Waals surface area contributed by atoms with Crippen LogP contribution in [-0.2, 0) is 0 Å². The molecule has 0 radical (unpaired) electrons. The van der Waals surface area contributed by atoms with Crippen molar-refractivity contribution in [1.29, 1.82) is 0 Å². The summed E-state index contributed by atoms with van der Waals surface area (Å²) in [5.41, 5.74) is 1.36. The predicted octanol–water partition coefficient (Wildman–Crippen LogP) is 4.88. The minimum absolute atomic E-state index is 0. The third-order valence-electron chi connectivity index (χ3n) is 3.61. The van der Waals surface area contributed by atoms with Gasteiger partial charge in [-0.25, -0.2) is 0 Å². The molecular weight excluding hydrogens is 244 g/mol. The average Bonchev–Trinajstić information content (AvgIpc) is 2.47. The van der Waals surface area contributed by atoms with E-state index in [0.717, 1.165) is 12.6 Å². The van der Waals surface area contributed by atoms with Crippen molar-refractivity contribution in [3.8, 4) is 0 Å². The van der Waals surface area contributed by atoms with Crippen LogP contribution in [0.5, 0.6) is 0 Å². The lowest BCUT2D eigenvalue weighted by Crippen LogP contribution is -2.45. The van der Waals surface area contributed by atoms with Crippen molar-refractivity contribution in [2.24, 2.45) is 0 Å². The Labute approximate surface area is 129 Å². The lowest BCUT2D eigenvalue weighted by Gasteiger charge is -2.35. The third kappa shape index (κ3) is 9.33. The number of hydrogen-bond donors (Lipinski definition) is 1. The fourth-order valence-corrected chi connectivity index (χ4v) is 2.43. The molecule has 1 atom stereocenters. The molecule has 0 aromatic rings. The number of nitrogens with zero attached hydrogens (tertiary/aromatic N) is 1. The van der Waals surface area contributed by atoms with Crippen LogP contribution in [0.25, 0.3) is 0 Å². The van der Waals surface area contributed by atoms with Crippen LogP contribution in [-0.4, -0.2) is 37.6 Å². The van der Waals surface area contributed by atoms with Crippen molar-refractivity contribution in [1.82, 2.24) is 10.2 Å². The van der Waals surface area contributed by atoms with Crippen molar-refractivity contribution >= 4 is 0 Å². The van der Waals surface area contributed by atoms with E-state index in [1.54, 1.807) is 0 Å². The number of likely N-dealkylation sites (N-methyl/N-ethyl adjacent to an activating group) is 1. The van der Waals surface area contributed by atoms with E-state index in [4.69, 9.17) is 0 Å². The molecule has 0 bridgehead atoms. The molecule has 0 aromatic carbocycles. The van der Waals surface area contributed by atoms with E-state index in [0.29, 0.717) is 0 Å². The maximum Gasteiger partial charge on any atom is 0.0220 e. The van der Waals surface area contributed by atoms with Crippen molar-refractivity contribution in [3.05, 3.63) is 23.8 Å². The second-order valence-corrected chi connectivity index (χ2v) is 4.97. The Hall–Kier alpha value is -0.600. The summed E-state index contributed by atoms with van der Waals surface area (Å²) in [6.07, 6.45) is 12.0. The molecular formula is C18H40N2. The first-order chi connectivity index (χ1) is 9.27. The molecule has 1 aliphatic heterocycles. The van der Waals surface area contributed by atoms with Crippen LogP contribution in [0.3, 0.4) is 0 Å². The molecule has 2 heteroatoms. The molecule has 122 valence electrons. The Morgan fingerprint density at radius 2 is 2.05 bits per heavy atom. The molecule has 0 amide bonds. The molecule has 0 spiro atoms. The summed E-state index contributed by atoms with van der Waals surface area (Å²) in [6, 6.07) is 0.755. The first-order valence-corrected chi connectivity index (χ1v) is 7.96. The zero-order chi connectivity index (χ0) is 14.5. The maximum absolute atomic E-state index is 3.32. The van der Waals surface area contributed by atoms with Gasteiger partial charge in [0.1, 0.15) is 0 Å². The van der Waals surface area contributed by atoms with Gasteiger partial charge in [0.15, 0.2) is 0 Å². The highest BCUT2D eigenvalue weighted by Gasteiger charge is 2.20. The highest BCUT2D eigenvalue weighted by Crippen LogP contribution is 2.16. The number of likely N-dealkylation sites (tertiary alicyclic amines) is 1. The average molecular weight is 285 g/mol. The van der Waals surface area contributed by atoms with Crippen LogP contribution < -0.4 is 5.32 Å². The Kier molecular flexibility index (Phi) is 16.1. The predicted molar refractivity (Wildman–Crippen MR) is 96.5 cm³/mol. The fourth-order valence-electron chi connectivity index (χ4n) is 2.43. The highest BCUT2D eigenvalue weighted by atomic mass is 15.2. The van der Waals surface area contributed by atoms with E-state index in [1.165, 1.54) is 44.3 Å². The zero-order valence-corrected chi connectivity index (χ0v) is 13.7. The van der Waals surface area contributed by atoms with E-state index in [9.17, 15) is 0 Å². The van der Waals surface area contributed by atoms with Crippen LogP contribution in [0, 0.1) is 0 Å². The Morgan fingerprint density at radius 1 is 1.35 bits per heavy atom. The normalized spacial score (nSPS) is 20.2. The first-order valence-electron chi connectivity index (χ1n) is 7.96.